The van der Waals surface area contributed by atoms with Gasteiger partial charge in [-0.15, -0.1) is 0 Å². The molecule has 1 unspecified atom stereocenters. The molecule has 7 heteroatoms. The monoisotopic (exact) mass is 252 g/mol. The number of likely N-dealkylation sites (tertiary alicyclic amines) is 1. The van der Waals surface area contributed by atoms with E-state index in [0.29, 0.717) is 26.1 Å². The number of carbonyl (C=O) groups is 2. The van der Waals surface area contributed by atoms with E-state index in [1.54, 1.807) is 22.8 Å². The molecule has 1 N–H and O–H groups in total. The molecule has 0 aromatic carbocycles. The quantitative estimate of drug-likeness (QED) is 0.787. The summed E-state index contributed by atoms with van der Waals surface area (Å²) in [5.74, 6) is -1.06. The lowest BCUT2D eigenvalue weighted by atomic mass is 9.87. The first-order chi connectivity index (χ1) is 8.58. The van der Waals surface area contributed by atoms with E-state index in [9.17, 15) is 9.59 Å². The van der Waals surface area contributed by atoms with Crippen LogP contribution in [0.5, 0.6) is 0 Å². The van der Waals surface area contributed by atoms with Gasteiger partial charge in [-0.1, -0.05) is 6.92 Å². The fraction of sp³-hybridized carbons (Fsp3) is 0.636. The molecule has 1 aromatic heterocycles. The van der Waals surface area contributed by atoms with Crippen LogP contribution in [-0.4, -0.2) is 49.7 Å². The first-order valence-corrected chi connectivity index (χ1v) is 5.91. The van der Waals surface area contributed by atoms with Gasteiger partial charge in [-0.25, -0.2) is 4.98 Å². The van der Waals surface area contributed by atoms with Crippen LogP contribution < -0.4 is 0 Å². The maximum Gasteiger partial charge on any atom is 0.306 e. The second-order valence-corrected chi connectivity index (χ2v) is 4.59. The van der Waals surface area contributed by atoms with Crippen molar-refractivity contribution < 1.29 is 14.7 Å². The number of aryl methyl sites for hydroxylation is 1. The summed E-state index contributed by atoms with van der Waals surface area (Å²) in [5.41, 5.74) is 0. The minimum atomic E-state index is -0.797. The molecule has 1 fully saturated rings. The highest BCUT2D eigenvalue weighted by Crippen LogP contribution is 2.24. The number of aromatic nitrogens is 3. The number of carboxylic acid groups (broad SMARTS) is 1. The Balaban J connectivity index is 1.71. The molecule has 0 aliphatic carbocycles. The van der Waals surface area contributed by atoms with Crippen molar-refractivity contribution in [1.82, 2.24) is 19.7 Å². The Labute approximate surface area is 104 Å². The molecule has 0 saturated carbocycles. The van der Waals surface area contributed by atoms with Crippen LogP contribution in [0.4, 0.5) is 0 Å². The average Bonchev–Trinajstić information content (AvgIpc) is 2.76. The summed E-state index contributed by atoms with van der Waals surface area (Å²) >= 11 is 0. The van der Waals surface area contributed by atoms with Gasteiger partial charge in [-0.05, 0) is 0 Å². The van der Waals surface area contributed by atoms with Gasteiger partial charge in [0.05, 0.1) is 12.5 Å². The van der Waals surface area contributed by atoms with Crippen molar-refractivity contribution in [3.63, 3.8) is 0 Å². The predicted molar refractivity (Wildman–Crippen MR) is 61.5 cm³/mol. The Morgan fingerprint density at radius 2 is 2.22 bits per heavy atom. The van der Waals surface area contributed by atoms with Gasteiger partial charge in [0.25, 0.3) is 0 Å². The number of hydrogen-bond donors (Lipinski definition) is 1. The Morgan fingerprint density at radius 3 is 2.78 bits per heavy atom. The molecule has 1 saturated heterocycles. The van der Waals surface area contributed by atoms with E-state index in [1.165, 1.54) is 6.33 Å². The summed E-state index contributed by atoms with van der Waals surface area (Å²) in [4.78, 5) is 28.0. The number of carboxylic acids is 1. The molecule has 0 spiro atoms. The molecule has 0 radical (unpaired) electrons. The molecular weight excluding hydrogens is 236 g/mol. The molecule has 0 bridgehead atoms. The lowest BCUT2D eigenvalue weighted by Gasteiger charge is -2.41. The van der Waals surface area contributed by atoms with Gasteiger partial charge in [0.15, 0.2) is 0 Å². The molecule has 18 heavy (non-hydrogen) atoms. The lowest BCUT2D eigenvalue weighted by molar-refractivity contribution is -0.150. The Kier molecular flexibility index (Phi) is 3.59. The molecule has 1 atom stereocenters. The van der Waals surface area contributed by atoms with Crippen LogP contribution in [0.3, 0.4) is 0 Å². The van der Waals surface area contributed by atoms with E-state index in [0.717, 1.165) is 0 Å². The molecule has 1 aliphatic heterocycles. The summed E-state index contributed by atoms with van der Waals surface area (Å²) < 4.78 is 1.61. The van der Waals surface area contributed by atoms with Crippen molar-refractivity contribution in [1.29, 1.82) is 0 Å². The fourth-order valence-electron chi connectivity index (χ4n) is 1.95. The molecule has 1 aromatic rings. The Hall–Kier alpha value is -1.92. The van der Waals surface area contributed by atoms with Gasteiger partial charge in [0.1, 0.15) is 12.7 Å². The molecule has 2 heterocycles. The van der Waals surface area contributed by atoms with Crippen molar-refractivity contribution in [3.8, 4) is 0 Å². The number of nitrogens with zero attached hydrogens (tertiary/aromatic N) is 4. The number of amides is 1. The smallest absolute Gasteiger partial charge is 0.306 e. The second-order valence-electron chi connectivity index (χ2n) is 4.59. The molecule has 2 rings (SSSR count). The van der Waals surface area contributed by atoms with Crippen LogP contribution in [0, 0.1) is 11.8 Å². The standard InChI is InChI=1S/C11H16N4O3/c1-8(11(17)18)9-4-14(5-9)10(16)2-3-15-7-12-6-13-15/h6-9H,2-5H2,1H3,(H,17,18). The molecular formula is C11H16N4O3. The second kappa shape index (κ2) is 5.16. The summed E-state index contributed by atoms with van der Waals surface area (Å²) in [6.07, 6.45) is 3.37. The van der Waals surface area contributed by atoms with Gasteiger partial charge in [0, 0.05) is 25.4 Å². The normalized spacial score (nSPS) is 17.3. The van der Waals surface area contributed by atoms with E-state index in [1.807, 2.05) is 0 Å². The maximum absolute atomic E-state index is 11.8. The fourth-order valence-corrected chi connectivity index (χ4v) is 1.95. The molecule has 1 aliphatic rings. The van der Waals surface area contributed by atoms with E-state index < -0.39 is 5.97 Å². The van der Waals surface area contributed by atoms with Crippen molar-refractivity contribution in [2.24, 2.45) is 11.8 Å². The lowest BCUT2D eigenvalue weighted by Crippen LogP contribution is -2.53. The van der Waals surface area contributed by atoms with Crippen LogP contribution in [0.15, 0.2) is 12.7 Å². The van der Waals surface area contributed by atoms with E-state index >= 15 is 0 Å². The maximum atomic E-state index is 11.8. The number of rotatable bonds is 5. The van der Waals surface area contributed by atoms with Gasteiger partial charge in [0.2, 0.25) is 5.91 Å². The molecule has 98 valence electrons. The summed E-state index contributed by atoms with van der Waals surface area (Å²) in [7, 11) is 0. The van der Waals surface area contributed by atoms with Crippen molar-refractivity contribution in [3.05, 3.63) is 12.7 Å². The molecule has 7 nitrogen and oxygen atoms in total. The predicted octanol–water partition coefficient (Wildman–Crippen LogP) is -0.153. The third-order valence-electron chi connectivity index (χ3n) is 3.38. The van der Waals surface area contributed by atoms with Gasteiger partial charge < -0.3 is 10.0 Å². The van der Waals surface area contributed by atoms with E-state index in [-0.39, 0.29) is 17.7 Å². The van der Waals surface area contributed by atoms with Crippen LogP contribution in [0.2, 0.25) is 0 Å². The minimum absolute atomic E-state index is 0.0411. The summed E-state index contributed by atoms with van der Waals surface area (Å²) in [6, 6.07) is 0. The zero-order valence-corrected chi connectivity index (χ0v) is 10.2. The zero-order chi connectivity index (χ0) is 13.1. The third-order valence-corrected chi connectivity index (χ3v) is 3.38. The first kappa shape index (κ1) is 12.5. The number of carbonyl (C=O) groups excluding carboxylic acids is 1. The van der Waals surface area contributed by atoms with Crippen LogP contribution in [0.25, 0.3) is 0 Å². The minimum Gasteiger partial charge on any atom is -0.481 e. The molecule has 1 amide bonds. The first-order valence-electron chi connectivity index (χ1n) is 5.91. The topological polar surface area (TPSA) is 88.3 Å². The van der Waals surface area contributed by atoms with Crippen molar-refractivity contribution >= 4 is 11.9 Å². The Morgan fingerprint density at radius 1 is 1.50 bits per heavy atom. The van der Waals surface area contributed by atoms with Gasteiger partial charge in [-0.3, -0.25) is 14.3 Å². The summed E-state index contributed by atoms with van der Waals surface area (Å²) in [5, 5.41) is 12.8. The average molecular weight is 252 g/mol. The number of hydrogen-bond acceptors (Lipinski definition) is 4. The van der Waals surface area contributed by atoms with E-state index in [4.69, 9.17) is 5.11 Å². The highest BCUT2D eigenvalue weighted by molar-refractivity contribution is 5.77. The van der Waals surface area contributed by atoms with Crippen LogP contribution >= 0.6 is 0 Å². The van der Waals surface area contributed by atoms with Crippen molar-refractivity contribution in [2.75, 3.05) is 13.1 Å². The summed E-state index contributed by atoms with van der Waals surface area (Å²) in [6.45, 7) is 3.28. The van der Waals surface area contributed by atoms with Crippen molar-refractivity contribution in [2.45, 2.75) is 19.9 Å². The number of aliphatic carboxylic acids is 1. The van der Waals surface area contributed by atoms with E-state index in [2.05, 4.69) is 10.1 Å². The highest BCUT2D eigenvalue weighted by Gasteiger charge is 2.36. The van der Waals surface area contributed by atoms with Gasteiger partial charge in [-0.2, -0.15) is 5.10 Å². The third kappa shape index (κ3) is 2.66. The zero-order valence-electron chi connectivity index (χ0n) is 10.2. The Bertz CT molecular complexity index is 426. The van der Waals surface area contributed by atoms with Crippen LogP contribution in [0.1, 0.15) is 13.3 Å². The van der Waals surface area contributed by atoms with Gasteiger partial charge >= 0.3 is 5.97 Å². The highest BCUT2D eigenvalue weighted by atomic mass is 16.4. The van der Waals surface area contributed by atoms with Crippen LogP contribution in [-0.2, 0) is 16.1 Å². The largest absolute Gasteiger partial charge is 0.481 e. The SMILES string of the molecule is CC(C(=O)O)C1CN(C(=O)CCn2cncn2)C1.